The second-order valence-corrected chi connectivity index (χ2v) is 12.1. The summed E-state index contributed by atoms with van der Waals surface area (Å²) < 4.78 is 8.29. The first kappa shape index (κ1) is 25.8. The largest absolute Gasteiger partial charge is 0.486 e. The van der Waals surface area contributed by atoms with Gasteiger partial charge in [0, 0.05) is 12.1 Å². The highest BCUT2D eigenvalue weighted by Gasteiger charge is 2.33. The third-order valence-electron chi connectivity index (χ3n) is 8.34. The number of nitrogens with zero attached hydrogens (tertiary/aromatic N) is 3. The quantitative estimate of drug-likeness (QED) is 0.339. The van der Waals surface area contributed by atoms with Crippen LogP contribution in [-0.2, 0) is 23.4 Å². The average molecular weight is 502 g/mol. The van der Waals surface area contributed by atoms with E-state index in [4.69, 9.17) is 9.72 Å². The van der Waals surface area contributed by atoms with Crippen LogP contribution in [0.2, 0.25) is 0 Å². The molecule has 3 aromatic rings. The molecule has 2 aromatic carbocycles. The summed E-state index contributed by atoms with van der Waals surface area (Å²) in [6, 6.07) is 17.2. The highest BCUT2D eigenvalue weighted by Crippen LogP contribution is 2.31. The van der Waals surface area contributed by atoms with E-state index in [2.05, 4.69) is 48.4 Å². The summed E-state index contributed by atoms with van der Waals surface area (Å²) in [7, 11) is 0. The molecule has 0 N–H and O–H groups in total. The van der Waals surface area contributed by atoms with E-state index in [0.717, 1.165) is 48.3 Å². The molecule has 37 heavy (non-hydrogen) atoms. The number of amides is 1. The summed E-state index contributed by atoms with van der Waals surface area (Å²) in [4.78, 5) is 21.2. The molecular formula is C32H43N3O2. The van der Waals surface area contributed by atoms with Gasteiger partial charge in [0.1, 0.15) is 24.7 Å². The monoisotopic (exact) mass is 501 g/mol. The zero-order valence-electron chi connectivity index (χ0n) is 22.9. The van der Waals surface area contributed by atoms with Crippen LogP contribution in [-0.4, -0.2) is 32.4 Å². The zero-order chi connectivity index (χ0) is 25.8. The van der Waals surface area contributed by atoms with Gasteiger partial charge in [-0.15, -0.1) is 0 Å². The van der Waals surface area contributed by atoms with Crippen LogP contribution < -0.4 is 4.74 Å². The summed E-state index contributed by atoms with van der Waals surface area (Å²) in [5.74, 6) is 1.88. The fraction of sp³-hybridized carbons (Fsp3) is 0.562. The van der Waals surface area contributed by atoms with Crippen LogP contribution in [0.5, 0.6) is 5.75 Å². The summed E-state index contributed by atoms with van der Waals surface area (Å²) in [6.07, 6.45) is 12.1. The number of hydrogen-bond acceptors (Lipinski definition) is 3. The molecule has 1 amide bonds. The first-order valence-electron chi connectivity index (χ1n) is 14.4. The van der Waals surface area contributed by atoms with Gasteiger partial charge in [-0.1, -0.05) is 83.6 Å². The number of hydrogen-bond donors (Lipinski definition) is 0. The lowest BCUT2D eigenvalue weighted by Gasteiger charge is -2.42. The number of ether oxygens (including phenoxy) is 1. The van der Waals surface area contributed by atoms with Crippen molar-refractivity contribution >= 4 is 16.9 Å². The number of carbonyl (C=O) groups excluding carboxylic acids is 1. The van der Waals surface area contributed by atoms with E-state index >= 15 is 0 Å². The van der Waals surface area contributed by atoms with Gasteiger partial charge in [0.2, 0.25) is 5.91 Å². The van der Waals surface area contributed by atoms with Crippen molar-refractivity contribution in [1.82, 2.24) is 14.5 Å². The molecule has 5 rings (SSSR count). The molecule has 2 aliphatic rings. The van der Waals surface area contributed by atoms with Crippen LogP contribution in [0.1, 0.15) is 96.4 Å². The Hall–Kier alpha value is -2.82. The Morgan fingerprint density at radius 1 is 0.892 bits per heavy atom. The first-order valence-corrected chi connectivity index (χ1v) is 14.4. The van der Waals surface area contributed by atoms with Gasteiger partial charge in [0.25, 0.3) is 0 Å². The van der Waals surface area contributed by atoms with E-state index < -0.39 is 0 Å². The first-order chi connectivity index (χ1) is 17.9. The summed E-state index contributed by atoms with van der Waals surface area (Å²) in [6.45, 7) is 7.31. The smallest absolute Gasteiger partial charge is 0.243 e. The minimum Gasteiger partial charge on any atom is -0.486 e. The van der Waals surface area contributed by atoms with Gasteiger partial charge in [0.15, 0.2) is 0 Å². The van der Waals surface area contributed by atoms with E-state index in [-0.39, 0.29) is 11.3 Å². The van der Waals surface area contributed by atoms with Crippen molar-refractivity contribution in [3.05, 3.63) is 59.9 Å². The zero-order valence-corrected chi connectivity index (χ0v) is 22.9. The Morgan fingerprint density at radius 3 is 2.08 bits per heavy atom. The molecular weight excluding hydrogens is 458 g/mol. The maximum absolute atomic E-state index is 14.0. The van der Waals surface area contributed by atoms with Gasteiger partial charge < -0.3 is 14.2 Å². The number of aromatic nitrogens is 2. The minimum absolute atomic E-state index is 0.107. The number of carbonyl (C=O) groups is 1. The highest BCUT2D eigenvalue weighted by atomic mass is 16.5. The van der Waals surface area contributed by atoms with E-state index in [0.29, 0.717) is 25.2 Å². The Kier molecular flexibility index (Phi) is 7.87. The van der Waals surface area contributed by atoms with Crippen LogP contribution in [0.4, 0.5) is 0 Å². The third-order valence-corrected chi connectivity index (χ3v) is 8.34. The Bertz CT molecular complexity index is 1160. The van der Waals surface area contributed by atoms with Crippen molar-refractivity contribution in [2.75, 3.05) is 0 Å². The second-order valence-electron chi connectivity index (χ2n) is 12.1. The summed E-state index contributed by atoms with van der Waals surface area (Å²) in [5, 5.41) is 0. The highest BCUT2D eigenvalue weighted by molar-refractivity contribution is 5.81. The molecule has 0 spiro atoms. The number of rotatable bonds is 7. The van der Waals surface area contributed by atoms with Gasteiger partial charge >= 0.3 is 0 Å². The summed E-state index contributed by atoms with van der Waals surface area (Å²) >= 11 is 0. The van der Waals surface area contributed by atoms with E-state index in [9.17, 15) is 4.79 Å². The average Bonchev–Trinajstić information content (AvgIpc) is 3.26. The van der Waals surface area contributed by atoms with Crippen molar-refractivity contribution < 1.29 is 9.53 Å². The fourth-order valence-electron chi connectivity index (χ4n) is 6.25. The van der Waals surface area contributed by atoms with Crippen molar-refractivity contribution in [2.45, 2.75) is 116 Å². The predicted octanol–water partition coefficient (Wildman–Crippen LogP) is 7.41. The molecule has 2 saturated carbocycles. The van der Waals surface area contributed by atoms with Gasteiger partial charge in [-0.2, -0.15) is 0 Å². The second kappa shape index (κ2) is 11.3. The Balaban J connectivity index is 1.38. The molecule has 0 saturated heterocycles. The lowest BCUT2D eigenvalue weighted by molar-refractivity contribution is -0.138. The maximum atomic E-state index is 14.0. The fourth-order valence-corrected chi connectivity index (χ4v) is 6.25. The molecule has 2 aliphatic carbocycles. The number of para-hydroxylation sites is 2. The molecule has 0 radical (unpaired) electrons. The van der Waals surface area contributed by atoms with E-state index in [1.165, 1.54) is 44.1 Å². The van der Waals surface area contributed by atoms with E-state index in [1.54, 1.807) is 0 Å². The van der Waals surface area contributed by atoms with Crippen LogP contribution in [0.3, 0.4) is 0 Å². The molecule has 0 unspecified atom stereocenters. The standard InChI is InChI=1S/C32H43N3O2/c1-32(2,3)24-18-20-27(21-19-24)37-23-30-33-28-16-10-11-17-29(28)34(30)22-31(36)35(25-12-6-4-7-13-25)26-14-8-5-9-15-26/h10-11,16-21,25-26H,4-9,12-15,22-23H2,1-3H3. The molecule has 5 heteroatoms. The van der Waals surface area contributed by atoms with Crippen LogP contribution in [0, 0.1) is 0 Å². The van der Waals surface area contributed by atoms with Crippen LogP contribution in [0.15, 0.2) is 48.5 Å². The lowest BCUT2D eigenvalue weighted by Crippen LogP contribution is -2.50. The molecule has 0 aliphatic heterocycles. The van der Waals surface area contributed by atoms with Gasteiger partial charge in [-0.25, -0.2) is 4.98 Å². The maximum Gasteiger partial charge on any atom is 0.243 e. The molecule has 1 heterocycles. The van der Waals surface area contributed by atoms with Gasteiger partial charge in [0.05, 0.1) is 11.0 Å². The van der Waals surface area contributed by atoms with Crippen molar-refractivity contribution in [1.29, 1.82) is 0 Å². The normalized spacial score (nSPS) is 17.7. The molecule has 2 fully saturated rings. The van der Waals surface area contributed by atoms with Crippen molar-refractivity contribution in [3.63, 3.8) is 0 Å². The number of fused-ring (bicyclic) bond motifs is 1. The number of imidazole rings is 1. The topological polar surface area (TPSA) is 47.4 Å². The van der Waals surface area contributed by atoms with Gasteiger partial charge in [-0.05, 0) is 60.9 Å². The predicted molar refractivity (Wildman–Crippen MR) is 150 cm³/mol. The Morgan fingerprint density at radius 2 is 1.49 bits per heavy atom. The molecule has 1 aromatic heterocycles. The van der Waals surface area contributed by atoms with Crippen LogP contribution in [0.25, 0.3) is 11.0 Å². The SMILES string of the molecule is CC(C)(C)c1ccc(OCc2nc3ccccc3n2CC(=O)N(C2CCCCC2)C2CCCCC2)cc1. The number of benzene rings is 2. The Labute approximate surface area is 222 Å². The molecule has 198 valence electrons. The lowest BCUT2D eigenvalue weighted by atomic mass is 9.87. The van der Waals surface area contributed by atoms with E-state index in [1.807, 2.05) is 30.3 Å². The van der Waals surface area contributed by atoms with Crippen molar-refractivity contribution in [2.24, 2.45) is 0 Å². The van der Waals surface area contributed by atoms with Crippen LogP contribution >= 0.6 is 0 Å². The molecule has 5 nitrogen and oxygen atoms in total. The molecule has 0 atom stereocenters. The molecule has 0 bridgehead atoms. The van der Waals surface area contributed by atoms with Crippen molar-refractivity contribution in [3.8, 4) is 5.75 Å². The third kappa shape index (κ3) is 6.02. The minimum atomic E-state index is 0.107. The summed E-state index contributed by atoms with van der Waals surface area (Å²) in [5.41, 5.74) is 3.31. The van der Waals surface area contributed by atoms with Gasteiger partial charge in [-0.3, -0.25) is 4.79 Å².